The Morgan fingerprint density at radius 1 is 1.33 bits per heavy atom. The molecule has 0 unspecified atom stereocenters. The largest absolute Gasteiger partial charge is 0.477 e. The van der Waals surface area contributed by atoms with Crippen LogP contribution in [0.2, 0.25) is 0 Å². The molecule has 0 atom stereocenters. The van der Waals surface area contributed by atoms with Gasteiger partial charge >= 0.3 is 0 Å². The maximum atomic E-state index is 8.85. The molecule has 1 aromatic heterocycles. The van der Waals surface area contributed by atoms with E-state index in [1.165, 1.54) is 25.7 Å². The number of ether oxygens (including phenoxy) is 1. The Morgan fingerprint density at radius 3 is 2.73 bits per heavy atom. The molecule has 2 rings (SSSR count). The lowest BCUT2D eigenvalue weighted by Gasteiger charge is -2.10. The molecule has 0 radical (unpaired) electrons. The maximum Gasteiger partial charge on any atom is 0.213 e. The SMILES string of the molecule is OCc1ccc(OCC2CCCC2)nc1. The molecule has 0 aromatic carbocycles. The molecule has 0 aliphatic heterocycles. The van der Waals surface area contributed by atoms with Gasteiger partial charge in [0.25, 0.3) is 0 Å². The summed E-state index contributed by atoms with van der Waals surface area (Å²) in [6.07, 6.45) is 6.91. The number of hydrogen-bond acceptors (Lipinski definition) is 3. The van der Waals surface area contributed by atoms with E-state index in [1.807, 2.05) is 12.1 Å². The molecule has 1 aliphatic rings. The molecule has 1 fully saturated rings. The second kappa shape index (κ2) is 5.12. The second-order valence-corrected chi connectivity index (χ2v) is 4.12. The highest BCUT2D eigenvalue weighted by Gasteiger charge is 2.15. The van der Waals surface area contributed by atoms with Crippen LogP contribution < -0.4 is 4.74 Å². The zero-order valence-corrected chi connectivity index (χ0v) is 8.85. The summed E-state index contributed by atoms with van der Waals surface area (Å²) in [5.41, 5.74) is 0.822. The Kier molecular flexibility index (Phi) is 3.56. The van der Waals surface area contributed by atoms with E-state index in [9.17, 15) is 0 Å². The first kappa shape index (κ1) is 10.4. The van der Waals surface area contributed by atoms with Gasteiger partial charge in [-0.25, -0.2) is 4.98 Å². The van der Waals surface area contributed by atoms with Crippen LogP contribution in [0, 0.1) is 5.92 Å². The summed E-state index contributed by atoms with van der Waals surface area (Å²) in [6.45, 7) is 0.821. The van der Waals surface area contributed by atoms with Crippen molar-refractivity contribution in [2.75, 3.05) is 6.61 Å². The maximum absolute atomic E-state index is 8.85. The summed E-state index contributed by atoms with van der Waals surface area (Å²) in [5.74, 6) is 1.38. The number of aliphatic hydroxyl groups excluding tert-OH is 1. The van der Waals surface area contributed by atoms with Crippen LogP contribution >= 0.6 is 0 Å². The molecule has 82 valence electrons. The van der Waals surface area contributed by atoms with Crippen molar-refractivity contribution in [3.8, 4) is 5.88 Å². The average Bonchev–Trinajstić information content (AvgIpc) is 2.80. The van der Waals surface area contributed by atoms with Crippen molar-refractivity contribution in [3.05, 3.63) is 23.9 Å². The van der Waals surface area contributed by atoms with Crippen LogP contribution in [-0.4, -0.2) is 16.7 Å². The standard InChI is InChI=1S/C12H17NO2/c14-8-11-5-6-12(13-7-11)15-9-10-3-1-2-4-10/h5-7,10,14H,1-4,8-9H2. The minimum Gasteiger partial charge on any atom is -0.477 e. The van der Waals surface area contributed by atoms with Crippen LogP contribution in [-0.2, 0) is 6.61 Å². The smallest absolute Gasteiger partial charge is 0.213 e. The second-order valence-electron chi connectivity index (χ2n) is 4.12. The van der Waals surface area contributed by atoms with E-state index < -0.39 is 0 Å². The van der Waals surface area contributed by atoms with Crippen LogP contribution in [0.25, 0.3) is 0 Å². The van der Waals surface area contributed by atoms with Crippen LogP contribution in [0.3, 0.4) is 0 Å². The first-order valence-corrected chi connectivity index (χ1v) is 5.57. The molecule has 1 aliphatic carbocycles. The monoisotopic (exact) mass is 207 g/mol. The Balaban J connectivity index is 1.82. The highest BCUT2D eigenvalue weighted by molar-refractivity contribution is 5.16. The fourth-order valence-corrected chi connectivity index (χ4v) is 1.97. The van der Waals surface area contributed by atoms with E-state index >= 15 is 0 Å². The summed E-state index contributed by atoms with van der Waals surface area (Å²) in [4.78, 5) is 4.13. The number of rotatable bonds is 4. The van der Waals surface area contributed by atoms with Crippen LogP contribution in [0.15, 0.2) is 18.3 Å². The minimum atomic E-state index is 0.0376. The number of pyridine rings is 1. The topological polar surface area (TPSA) is 42.4 Å². The Bertz CT molecular complexity index is 291. The molecule has 0 spiro atoms. The van der Waals surface area contributed by atoms with E-state index in [4.69, 9.17) is 9.84 Å². The normalized spacial score (nSPS) is 16.9. The molecule has 3 heteroatoms. The Labute approximate surface area is 90.1 Å². The van der Waals surface area contributed by atoms with Crippen LogP contribution in [0.1, 0.15) is 31.2 Å². The van der Waals surface area contributed by atoms with Crippen molar-refractivity contribution in [2.24, 2.45) is 5.92 Å². The van der Waals surface area contributed by atoms with Crippen molar-refractivity contribution in [2.45, 2.75) is 32.3 Å². The van der Waals surface area contributed by atoms with Crippen molar-refractivity contribution < 1.29 is 9.84 Å². The quantitative estimate of drug-likeness (QED) is 0.822. The van der Waals surface area contributed by atoms with Crippen molar-refractivity contribution >= 4 is 0 Å². The molecular formula is C12H17NO2. The van der Waals surface area contributed by atoms with Gasteiger partial charge < -0.3 is 9.84 Å². The summed E-state index contributed by atoms with van der Waals surface area (Å²) in [6, 6.07) is 3.66. The molecule has 1 aromatic rings. The number of aliphatic hydroxyl groups is 1. The van der Waals surface area contributed by atoms with Crippen LogP contribution in [0.4, 0.5) is 0 Å². The molecule has 1 saturated carbocycles. The first-order valence-electron chi connectivity index (χ1n) is 5.57. The van der Waals surface area contributed by atoms with Gasteiger partial charge in [-0.05, 0) is 30.4 Å². The molecule has 0 bridgehead atoms. The van der Waals surface area contributed by atoms with E-state index in [0.717, 1.165) is 12.2 Å². The Morgan fingerprint density at radius 2 is 2.13 bits per heavy atom. The zero-order valence-electron chi connectivity index (χ0n) is 8.85. The van der Waals surface area contributed by atoms with Crippen LogP contribution in [0.5, 0.6) is 5.88 Å². The highest BCUT2D eigenvalue weighted by Crippen LogP contribution is 2.25. The van der Waals surface area contributed by atoms with Gasteiger partial charge in [-0.15, -0.1) is 0 Å². The highest BCUT2D eigenvalue weighted by atomic mass is 16.5. The molecule has 15 heavy (non-hydrogen) atoms. The van der Waals surface area contributed by atoms with E-state index in [2.05, 4.69) is 4.98 Å². The minimum absolute atomic E-state index is 0.0376. The average molecular weight is 207 g/mol. The van der Waals surface area contributed by atoms with Crippen molar-refractivity contribution in [1.29, 1.82) is 0 Å². The lowest BCUT2D eigenvalue weighted by molar-refractivity contribution is 0.242. The van der Waals surface area contributed by atoms with Gasteiger partial charge in [-0.1, -0.05) is 12.8 Å². The van der Waals surface area contributed by atoms with E-state index in [1.54, 1.807) is 6.20 Å². The van der Waals surface area contributed by atoms with Gasteiger partial charge in [0.2, 0.25) is 5.88 Å². The van der Waals surface area contributed by atoms with Gasteiger partial charge in [0.1, 0.15) is 0 Å². The number of hydrogen-bond donors (Lipinski definition) is 1. The number of nitrogens with zero attached hydrogens (tertiary/aromatic N) is 1. The third-order valence-corrected chi connectivity index (χ3v) is 2.92. The predicted molar refractivity (Wildman–Crippen MR) is 57.6 cm³/mol. The van der Waals surface area contributed by atoms with Gasteiger partial charge in [-0.3, -0.25) is 0 Å². The molecule has 0 amide bonds. The summed E-state index contributed by atoms with van der Waals surface area (Å²) in [7, 11) is 0. The van der Waals surface area contributed by atoms with E-state index in [-0.39, 0.29) is 6.61 Å². The summed E-state index contributed by atoms with van der Waals surface area (Å²) < 4.78 is 5.60. The predicted octanol–water partition coefficient (Wildman–Crippen LogP) is 2.14. The van der Waals surface area contributed by atoms with Crippen molar-refractivity contribution in [1.82, 2.24) is 4.98 Å². The number of aromatic nitrogens is 1. The third-order valence-electron chi connectivity index (χ3n) is 2.92. The van der Waals surface area contributed by atoms with Crippen molar-refractivity contribution in [3.63, 3.8) is 0 Å². The molecule has 1 N–H and O–H groups in total. The molecule has 1 heterocycles. The lowest BCUT2D eigenvalue weighted by Crippen LogP contribution is -2.08. The van der Waals surface area contributed by atoms with Gasteiger partial charge in [0, 0.05) is 12.3 Å². The van der Waals surface area contributed by atoms with E-state index in [0.29, 0.717) is 11.8 Å². The fraction of sp³-hybridized carbons (Fsp3) is 0.583. The lowest BCUT2D eigenvalue weighted by atomic mass is 10.1. The zero-order chi connectivity index (χ0) is 10.5. The van der Waals surface area contributed by atoms with Gasteiger partial charge in [0.15, 0.2) is 0 Å². The van der Waals surface area contributed by atoms with Gasteiger partial charge in [0.05, 0.1) is 13.2 Å². The fourth-order valence-electron chi connectivity index (χ4n) is 1.97. The Hall–Kier alpha value is -1.09. The summed E-state index contributed by atoms with van der Waals surface area (Å²) >= 11 is 0. The van der Waals surface area contributed by atoms with Gasteiger partial charge in [-0.2, -0.15) is 0 Å². The first-order chi connectivity index (χ1) is 7.38. The molecule has 3 nitrogen and oxygen atoms in total. The summed E-state index contributed by atoms with van der Waals surface area (Å²) in [5, 5.41) is 8.85. The molecular weight excluding hydrogens is 190 g/mol. The molecule has 0 saturated heterocycles. The third kappa shape index (κ3) is 2.93.